The van der Waals surface area contributed by atoms with Gasteiger partial charge in [0.25, 0.3) is 0 Å². The molecule has 0 rings (SSSR count). The van der Waals surface area contributed by atoms with Crippen molar-refractivity contribution >= 4 is 15.9 Å². The van der Waals surface area contributed by atoms with Gasteiger partial charge < -0.3 is 0 Å². The largest absolute Gasteiger partial charge is 0.0979 e. The SMILES string of the molecule is C=CC(Br)=C/C=C\C. The van der Waals surface area contributed by atoms with Crippen molar-refractivity contribution in [3.8, 4) is 0 Å². The molecule has 0 saturated heterocycles. The van der Waals surface area contributed by atoms with Gasteiger partial charge >= 0.3 is 0 Å². The van der Waals surface area contributed by atoms with Crippen molar-refractivity contribution in [3.63, 3.8) is 0 Å². The Labute approximate surface area is 58.7 Å². The molecule has 0 bridgehead atoms. The molecule has 0 atom stereocenters. The second-order valence-electron chi connectivity index (χ2n) is 1.28. The summed E-state index contributed by atoms with van der Waals surface area (Å²) >= 11 is 3.27. The number of hydrogen-bond donors (Lipinski definition) is 0. The van der Waals surface area contributed by atoms with Gasteiger partial charge in [0.1, 0.15) is 0 Å². The first kappa shape index (κ1) is 7.70. The van der Waals surface area contributed by atoms with Crippen LogP contribution in [0.2, 0.25) is 0 Å². The predicted octanol–water partition coefficient (Wildman–Crippen LogP) is 3.03. The fourth-order valence-electron chi connectivity index (χ4n) is 0.256. The molecule has 0 spiro atoms. The van der Waals surface area contributed by atoms with Gasteiger partial charge in [-0.3, -0.25) is 0 Å². The highest BCUT2D eigenvalue weighted by atomic mass is 79.9. The molecule has 0 saturated carbocycles. The third-order valence-corrected chi connectivity index (χ3v) is 1.23. The zero-order valence-corrected chi connectivity index (χ0v) is 6.48. The quantitative estimate of drug-likeness (QED) is 0.563. The smallest absolute Gasteiger partial charge is 0.0169 e. The minimum Gasteiger partial charge on any atom is -0.0979 e. The molecule has 44 valence electrons. The fraction of sp³-hybridized carbons (Fsp3) is 0.143. The maximum atomic E-state index is 3.56. The van der Waals surface area contributed by atoms with Crippen LogP contribution in [0.1, 0.15) is 6.92 Å². The molecular weight excluding hydrogens is 164 g/mol. The molecular formula is C7H9Br. The summed E-state index contributed by atoms with van der Waals surface area (Å²) in [6.07, 6.45) is 7.60. The van der Waals surface area contributed by atoms with Crippen LogP contribution < -0.4 is 0 Å². The van der Waals surface area contributed by atoms with E-state index >= 15 is 0 Å². The second kappa shape index (κ2) is 4.85. The lowest BCUT2D eigenvalue weighted by Crippen LogP contribution is -1.54. The van der Waals surface area contributed by atoms with E-state index in [1.807, 2.05) is 25.2 Å². The molecule has 0 amide bonds. The maximum absolute atomic E-state index is 3.56. The molecule has 0 aromatic carbocycles. The summed E-state index contributed by atoms with van der Waals surface area (Å²) in [7, 11) is 0. The van der Waals surface area contributed by atoms with Gasteiger partial charge in [0.2, 0.25) is 0 Å². The van der Waals surface area contributed by atoms with Gasteiger partial charge in [-0.2, -0.15) is 0 Å². The van der Waals surface area contributed by atoms with Gasteiger partial charge in [-0.25, -0.2) is 0 Å². The van der Waals surface area contributed by atoms with Crippen LogP contribution in [0.3, 0.4) is 0 Å². The molecule has 0 aromatic rings. The van der Waals surface area contributed by atoms with Crippen LogP contribution in [-0.2, 0) is 0 Å². The maximum Gasteiger partial charge on any atom is 0.0169 e. The Bertz CT molecular complexity index is 120. The van der Waals surface area contributed by atoms with Gasteiger partial charge in [-0.15, -0.1) is 0 Å². The van der Waals surface area contributed by atoms with E-state index in [1.165, 1.54) is 0 Å². The van der Waals surface area contributed by atoms with Crippen LogP contribution in [-0.4, -0.2) is 0 Å². The average molecular weight is 173 g/mol. The van der Waals surface area contributed by atoms with Gasteiger partial charge in [0.05, 0.1) is 0 Å². The summed E-state index contributed by atoms with van der Waals surface area (Å²) in [5.41, 5.74) is 0. The summed E-state index contributed by atoms with van der Waals surface area (Å²) in [4.78, 5) is 0. The summed E-state index contributed by atoms with van der Waals surface area (Å²) < 4.78 is 1.01. The lowest BCUT2D eigenvalue weighted by molar-refractivity contribution is 1.73. The Hall–Kier alpha value is -0.300. The van der Waals surface area contributed by atoms with Crippen LogP contribution in [0.4, 0.5) is 0 Å². The highest BCUT2D eigenvalue weighted by molar-refractivity contribution is 9.11. The topological polar surface area (TPSA) is 0 Å². The predicted molar refractivity (Wildman–Crippen MR) is 42.0 cm³/mol. The average Bonchev–Trinajstić information content (AvgIpc) is 1.83. The Kier molecular flexibility index (Phi) is 4.67. The molecule has 0 heterocycles. The first-order valence-electron chi connectivity index (χ1n) is 2.42. The minimum absolute atomic E-state index is 1.01. The van der Waals surface area contributed by atoms with Crippen molar-refractivity contribution in [2.45, 2.75) is 6.92 Å². The third-order valence-electron chi connectivity index (χ3n) is 0.643. The van der Waals surface area contributed by atoms with E-state index < -0.39 is 0 Å². The Morgan fingerprint density at radius 3 is 2.62 bits per heavy atom. The molecule has 1 heteroatoms. The van der Waals surface area contributed by atoms with E-state index in [2.05, 4.69) is 22.5 Å². The first-order chi connectivity index (χ1) is 3.81. The Balaban J connectivity index is 3.74. The van der Waals surface area contributed by atoms with Gasteiger partial charge in [-0.05, 0) is 13.0 Å². The Morgan fingerprint density at radius 1 is 1.62 bits per heavy atom. The third kappa shape index (κ3) is 3.88. The molecule has 0 nitrogen and oxygen atoms in total. The van der Waals surface area contributed by atoms with Crippen molar-refractivity contribution in [1.29, 1.82) is 0 Å². The first-order valence-corrected chi connectivity index (χ1v) is 3.21. The fourth-order valence-corrected chi connectivity index (χ4v) is 0.409. The summed E-state index contributed by atoms with van der Waals surface area (Å²) in [6, 6.07) is 0. The zero-order valence-electron chi connectivity index (χ0n) is 4.89. The van der Waals surface area contributed by atoms with Crippen LogP contribution >= 0.6 is 15.9 Å². The molecule has 0 aliphatic rings. The van der Waals surface area contributed by atoms with E-state index in [0.717, 1.165) is 4.48 Å². The van der Waals surface area contributed by atoms with Crippen LogP contribution in [0.15, 0.2) is 35.4 Å². The van der Waals surface area contributed by atoms with E-state index in [0.29, 0.717) is 0 Å². The normalized spacial score (nSPS) is 12.5. The van der Waals surface area contributed by atoms with Gasteiger partial charge in [-0.1, -0.05) is 40.7 Å². The molecule has 0 unspecified atom stereocenters. The van der Waals surface area contributed by atoms with Crippen molar-refractivity contribution in [2.24, 2.45) is 0 Å². The highest BCUT2D eigenvalue weighted by Crippen LogP contribution is 2.03. The van der Waals surface area contributed by atoms with Crippen LogP contribution in [0.5, 0.6) is 0 Å². The molecule has 0 aliphatic carbocycles. The molecule has 0 radical (unpaired) electrons. The van der Waals surface area contributed by atoms with E-state index in [4.69, 9.17) is 0 Å². The monoisotopic (exact) mass is 172 g/mol. The number of rotatable bonds is 2. The van der Waals surface area contributed by atoms with Crippen LogP contribution in [0.25, 0.3) is 0 Å². The van der Waals surface area contributed by atoms with Gasteiger partial charge in [0, 0.05) is 4.48 Å². The summed E-state index contributed by atoms with van der Waals surface area (Å²) in [5, 5.41) is 0. The molecule has 0 aromatic heterocycles. The molecule has 0 fully saturated rings. The van der Waals surface area contributed by atoms with E-state index in [1.54, 1.807) is 6.08 Å². The molecule has 0 aliphatic heterocycles. The number of hydrogen-bond acceptors (Lipinski definition) is 0. The van der Waals surface area contributed by atoms with E-state index in [-0.39, 0.29) is 0 Å². The standard InChI is InChI=1S/C7H9Br/c1-3-5-6-7(8)4-2/h3-6H,2H2,1H3/b5-3-,7-6?. The van der Waals surface area contributed by atoms with Crippen molar-refractivity contribution in [2.75, 3.05) is 0 Å². The minimum atomic E-state index is 1.01. The van der Waals surface area contributed by atoms with E-state index in [9.17, 15) is 0 Å². The summed E-state index contributed by atoms with van der Waals surface area (Å²) in [6.45, 7) is 5.54. The summed E-state index contributed by atoms with van der Waals surface area (Å²) in [5.74, 6) is 0. The lowest BCUT2D eigenvalue weighted by Gasteiger charge is -1.78. The van der Waals surface area contributed by atoms with Crippen molar-refractivity contribution < 1.29 is 0 Å². The number of allylic oxidation sites excluding steroid dienone is 5. The van der Waals surface area contributed by atoms with Gasteiger partial charge in [0.15, 0.2) is 0 Å². The van der Waals surface area contributed by atoms with Crippen LogP contribution in [0, 0.1) is 0 Å². The Morgan fingerprint density at radius 2 is 2.25 bits per heavy atom. The molecule has 8 heavy (non-hydrogen) atoms. The lowest BCUT2D eigenvalue weighted by atomic mass is 10.4. The van der Waals surface area contributed by atoms with Crippen molar-refractivity contribution in [1.82, 2.24) is 0 Å². The highest BCUT2D eigenvalue weighted by Gasteiger charge is 1.73. The molecule has 0 N–H and O–H groups in total. The number of halogens is 1. The zero-order chi connectivity index (χ0) is 6.41. The second-order valence-corrected chi connectivity index (χ2v) is 2.20. The van der Waals surface area contributed by atoms with Crippen molar-refractivity contribution in [3.05, 3.63) is 35.4 Å².